The van der Waals surface area contributed by atoms with Gasteiger partial charge in [0, 0.05) is 0 Å². The standard InChI is InChI=1S/C14H17NO2S/c1-9-13(18-10(2)15-9)14(3,16)11-5-7-12(17-4)8-6-11/h5-8,16H,1-4H3. The van der Waals surface area contributed by atoms with Crippen molar-refractivity contribution in [3.8, 4) is 5.75 Å². The lowest BCUT2D eigenvalue weighted by Crippen LogP contribution is -2.22. The first-order chi connectivity index (χ1) is 8.45. The Kier molecular flexibility index (Phi) is 3.41. The fourth-order valence-electron chi connectivity index (χ4n) is 2.03. The van der Waals surface area contributed by atoms with E-state index in [1.165, 1.54) is 11.3 Å². The average molecular weight is 263 g/mol. The average Bonchev–Trinajstić information content (AvgIpc) is 2.69. The van der Waals surface area contributed by atoms with Crippen LogP contribution in [0.15, 0.2) is 24.3 Å². The molecule has 1 heterocycles. The van der Waals surface area contributed by atoms with Crippen LogP contribution in [-0.4, -0.2) is 17.2 Å². The Hall–Kier alpha value is -1.39. The minimum atomic E-state index is -1.01. The van der Waals surface area contributed by atoms with E-state index in [0.29, 0.717) is 0 Å². The van der Waals surface area contributed by atoms with Crippen LogP contribution >= 0.6 is 11.3 Å². The molecule has 1 aromatic carbocycles. The molecule has 18 heavy (non-hydrogen) atoms. The van der Waals surface area contributed by atoms with Gasteiger partial charge in [-0.25, -0.2) is 4.98 Å². The number of nitrogens with zero attached hydrogens (tertiary/aromatic N) is 1. The fraction of sp³-hybridized carbons (Fsp3) is 0.357. The van der Waals surface area contributed by atoms with E-state index in [9.17, 15) is 5.11 Å². The highest BCUT2D eigenvalue weighted by Gasteiger charge is 2.30. The number of benzene rings is 1. The summed E-state index contributed by atoms with van der Waals surface area (Å²) >= 11 is 1.53. The quantitative estimate of drug-likeness (QED) is 0.925. The molecule has 2 rings (SSSR count). The predicted octanol–water partition coefficient (Wildman–Crippen LogP) is 3.02. The van der Waals surface area contributed by atoms with Crippen molar-refractivity contribution >= 4 is 11.3 Å². The van der Waals surface area contributed by atoms with Gasteiger partial charge in [0.1, 0.15) is 11.4 Å². The van der Waals surface area contributed by atoms with Gasteiger partial charge < -0.3 is 9.84 Å². The zero-order valence-corrected chi connectivity index (χ0v) is 11.8. The molecule has 0 aliphatic heterocycles. The Morgan fingerprint density at radius 3 is 2.28 bits per heavy atom. The second kappa shape index (κ2) is 4.71. The molecular formula is C14H17NO2S. The van der Waals surface area contributed by atoms with Crippen LogP contribution in [-0.2, 0) is 5.60 Å². The number of rotatable bonds is 3. The zero-order chi connectivity index (χ0) is 13.3. The van der Waals surface area contributed by atoms with Gasteiger partial charge in [-0.1, -0.05) is 12.1 Å². The topological polar surface area (TPSA) is 42.4 Å². The van der Waals surface area contributed by atoms with Crippen LogP contribution in [0.25, 0.3) is 0 Å². The molecule has 0 fully saturated rings. The van der Waals surface area contributed by atoms with Crippen LogP contribution in [0.4, 0.5) is 0 Å². The van der Waals surface area contributed by atoms with E-state index in [2.05, 4.69) is 4.98 Å². The number of methoxy groups -OCH3 is 1. The van der Waals surface area contributed by atoms with Crippen LogP contribution in [0.2, 0.25) is 0 Å². The monoisotopic (exact) mass is 263 g/mol. The molecule has 0 spiro atoms. The van der Waals surface area contributed by atoms with Crippen molar-refractivity contribution in [2.75, 3.05) is 7.11 Å². The van der Waals surface area contributed by atoms with Gasteiger partial charge in [-0.15, -0.1) is 11.3 Å². The fourth-order valence-corrected chi connectivity index (χ4v) is 3.02. The van der Waals surface area contributed by atoms with Gasteiger partial charge >= 0.3 is 0 Å². The number of ether oxygens (including phenoxy) is 1. The van der Waals surface area contributed by atoms with E-state index < -0.39 is 5.60 Å². The molecule has 0 bridgehead atoms. The van der Waals surface area contributed by atoms with Crippen LogP contribution in [0.3, 0.4) is 0 Å². The molecule has 0 saturated heterocycles. The SMILES string of the molecule is COc1ccc(C(C)(O)c2sc(C)nc2C)cc1. The van der Waals surface area contributed by atoms with Crippen molar-refractivity contribution in [2.24, 2.45) is 0 Å². The van der Waals surface area contributed by atoms with Crippen LogP contribution in [0, 0.1) is 13.8 Å². The number of hydrogen-bond acceptors (Lipinski definition) is 4. The first kappa shape index (κ1) is 13.1. The van der Waals surface area contributed by atoms with Gasteiger partial charge in [-0.2, -0.15) is 0 Å². The van der Waals surface area contributed by atoms with E-state index >= 15 is 0 Å². The van der Waals surface area contributed by atoms with E-state index in [-0.39, 0.29) is 0 Å². The number of hydrogen-bond donors (Lipinski definition) is 1. The number of aryl methyl sites for hydroxylation is 2. The van der Waals surface area contributed by atoms with Gasteiger partial charge in [0.25, 0.3) is 0 Å². The van der Waals surface area contributed by atoms with Crippen molar-refractivity contribution in [3.63, 3.8) is 0 Å². The van der Waals surface area contributed by atoms with E-state index in [4.69, 9.17) is 4.74 Å². The lowest BCUT2D eigenvalue weighted by atomic mass is 9.93. The summed E-state index contributed by atoms with van der Waals surface area (Å²) in [6.45, 7) is 5.68. The summed E-state index contributed by atoms with van der Waals surface area (Å²) in [5.41, 5.74) is 0.718. The third-order valence-electron chi connectivity index (χ3n) is 3.00. The molecule has 0 radical (unpaired) electrons. The molecule has 0 aliphatic carbocycles. The number of aliphatic hydroxyl groups is 1. The van der Waals surface area contributed by atoms with Crippen LogP contribution in [0.1, 0.15) is 28.1 Å². The van der Waals surface area contributed by atoms with Crippen molar-refractivity contribution in [1.82, 2.24) is 4.98 Å². The molecule has 0 saturated carbocycles. The molecule has 96 valence electrons. The second-order valence-electron chi connectivity index (χ2n) is 4.45. The molecule has 0 aliphatic rings. The number of thiazole rings is 1. The highest BCUT2D eigenvalue weighted by molar-refractivity contribution is 7.11. The van der Waals surface area contributed by atoms with Crippen molar-refractivity contribution in [2.45, 2.75) is 26.4 Å². The lowest BCUT2D eigenvalue weighted by Gasteiger charge is -2.23. The summed E-state index contributed by atoms with van der Waals surface area (Å²) in [5, 5.41) is 11.7. The van der Waals surface area contributed by atoms with Crippen LogP contribution in [0.5, 0.6) is 5.75 Å². The largest absolute Gasteiger partial charge is 0.497 e. The lowest BCUT2D eigenvalue weighted by molar-refractivity contribution is 0.105. The first-order valence-electron chi connectivity index (χ1n) is 5.76. The Morgan fingerprint density at radius 1 is 1.22 bits per heavy atom. The van der Waals surface area contributed by atoms with Gasteiger partial charge in [0.05, 0.1) is 22.7 Å². The van der Waals surface area contributed by atoms with Gasteiger partial charge in [0.2, 0.25) is 0 Å². The van der Waals surface area contributed by atoms with Gasteiger partial charge in [0.15, 0.2) is 0 Å². The maximum Gasteiger partial charge on any atom is 0.123 e. The minimum absolute atomic E-state index is 0.784. The summed E-state index contributed by atoms with van der Waals surface area (Å²) in [6, 6.07) is 7.47. The predicted molar refractivity (Wildman–Crippen MR) is 73.3 cm³/mol. The molecule has 1 aromatic heterocycles. The zero-order valence-electron chi connectivity index (χ0n) is 11.0. The first-order valence-corrected chi connectivity index (χ1v) is 6.58. The minimum Gasteiger partial charge on any atom is -0.497 e. The smallest absolute Gasteiger partial charge is 0.123 e. The van der Waals surface area contributed by atoms with Crippen molar-refractivity contribution < 1.29 is 9.84 Å². The molecule has 4 heteroatoms. The Labute approximate surface area is 111 Å². The summed E-state index contributed by atoms with van der Waals surface area (Å²) in [5.74, 6) is 0.784. The maximum atomic E-state index is 10.7. The molecule has 2 aromatic rings. The van der Waals surface area contributed by atoms with Gasteiger partial charge in [-0.3, -0.25) is 0 Å². The normalized spacial score (nSPS) is 14.3. The molecule has 1 N–H and O–H groups in total. The van der Waals surface area contributed by atoms with E-state index in [1.807, 2.05) is 38.1 Å². The Bertz CT molecular complexity index is 543. The third-order valence-corrected chi connectivity index (χ3v) is 4.28. The number of aromatic nitrogens is 1. The summed E-state index contributed by atoms with van der Waals surface area (Å²) < 4.78 is 5.12. The van der Waals surface area contributed by atoms with E-state index in [0.717, 1.165) is 26.9 Å². The Balaban J connectivity index is 2.43. The van der Waals surface area contributed by atoms with Crippen LogP contribution < -0.4 is 4.74 Å². The molecular weight excluding hydrogens is 246 g/mol. The third kappa shape index (κ3) is 2.26. The Morgan fingerprint density at radius 2 is 1.83 bits per heavy atom. The van der Waals surface area contributed by atoms with Crippen molar-refractivity contribution in [1.29, 1.82) is 0 Å². The van der Waals surface area contributed by atoms with Crippen molar-refractivity contribution in [3.05, 3.63) is 45.4 Å². The molecule has 1 unspecified atom stereocenters. The van der Waals surface area contributed by atoms with E-state index in [1.54, 1.807) is 14.0 Å². The van der Waals surface area contributed by atoms with Gasteiger partial charge in [-0.05, 0) is 38.5 Å². The summed E-state index contributed by atoms with van der Waals surface area (Å²) in [6.07, 6.45) is 0. The molecule has 1 atom stereocenters. The highest BCUT2D eigenvalue weighted by atomic mass is 32.1. The molecule has 0 amide bonds. The second-order valence-corrected chi connectivity index (χ2v) is 5.65. The molecule has 3 nitrogen and oxygen atoms in total. The highest BCUT2D eigenvalue weighted by Crippen LogP contribution is 2.35. The summed E-state index contributed by atoms with van der Waals surface area (Å²) in [7, 11) is 1.63. The maximum absolute atomic E-state index is 10.7. The summed E-state index contributed by atoms with van der Waals surface area (Å²) in [4.78, 5) is 5.26.